The van der Waals surface area contributed by atoms with Gasteiger partial charge in [0.25, 0.3) is 0 Å². The van der Waals surface area contributed by atoms with Crippen LogP contribution in [0.3, 0.4) is 0 Å². The number of hydrogen-bond donors (Lipinski definition) is 1. The Morgan fingerprint density at radius 3 is 2.38 bits per heavy atom. The molecule has 0 aliphatic carbocycles. The van der Waals surface area contributed by atoms with E-state index in [0.717, 1.165) is 6.61 Å². The third-order valence-electron chi connectivity index (χ3n) is 2.31. The number of ether oxygens (including phenoxy) is 1. The van der Waals surface area contributed by atoms with E-state index in [9.17, 15) is 0 Å². The molecule has 2 nitrogen and oxygen atoms in total. The minimum Gasteiger partial charge on any atom is -0.380 e. The first-order valence-corrected chi connectivity index (χ1v) is 5.51. The fraction of sp³-hybridized carbons (Fsp3) is 1.00. The normalized spacial score (nSPS) is 13.6. The van der Waals surface area contributed by atoms with Crippen LogP contribution >= 0.6 is 0 Å². The zero-order valence-corrected chi connectivity index (χ0v) is 9.38. The number of rotatable bonds is 8. The first-order chi connectivity index (χ1) is 6.18. The molecule has 2 heteroatoms. The van der Waals surface area contributed by atoms with Gasteiger partial charge in [0.15, 0.2) is 0 Å². The Morgan fingerprint density at radius 2 is 1.85 bits per heavy atom. The maximum atomic E-state index is 5.83. The molecule has 0 amide bonds. The summed E-state index contributed by atoms with van der Waals surface area (Å²) in [6.07, 6.45) is 5.07. The highest BCUT2D eigenvalue weighted by Crippen LogP contribution is 2.01. The lowest BCUT2D eigenvalue weighted by molar-refractivity contribution is 0.106. The molecule has 0 spiro atoms. The predicted octanol–water partition coefficient (Wildman–Crippen LogP) is 2.57. The van der Waals surface area contributed by atoms with Gasteiger partial charge in [-0.05, 0) is 12.3 Å². The quantitative estimate of drug-likeness (QED) is 0.593. The van der Waals surface area contributed by atoms with Crippen molar-refractivity contribution in [2.45, 2.75) is 52.5 Å². The molecule has 0 saturated heterocycles. The minimum atomic E-state index is 0.200. The minimum absolute atomic E-state index is 0.200. The molecule has 80 valence electrons. The summed E-state index contributed by atoms with van der Waals surface area (Å²) >= 11 is 0. The Morgan fingerprint density at radius 1 is 1.15 bits per heavy atom. The van der Waals surface area contributed by atoms with Crippen molar-refractivity contribution in [1.82, 2.24) is 0 Å². The first-order valence-electron chi connectivity index (χ1n) is 5.51. The van der Waals surface area contributed by atoms with Crippen LogP contribution < -0.4 is 5.73 Å². The van der Waals surface area contributed by atoms with Crippen molar-refractivity contribution in [3.63, 3.8) is 0 Å². The SMILES string of the molecule is CCCCCCOCC(N)C(C)C. The lowest BCUT2D eigenvalue weighted by Crippen LogP contribution is -2.31. The molecular formula is C11H25NO. The van der Waals surface area contributed by atoms with Crippen LogP contribution in [-0.4, -0.2) is 19.3 Å². The van der Waals surface area contributed by atoms with Crippen LogP contribution in [0.15, 0.2) is 0 Å². The zero-order valence-electron chi connectivity index (χ0n) is 9.38. The van der Waals surface area contributed by atoms with Crippen LogP contribution in [0, 0.1) is 5.92 Å². The summed E-state index contributed by atoms with van der Waals surface area (Å²) in [7, 11) is 0. The van der Waals surface area contributed by atoms with E-state index in [1.54, 1.807) is 0 Å². The van der Waals surface area contributed by atoms with Crippen LogP contribution in [0.5, 0.6) is 0 Å². The molecule has 0 heterocycles. The van der Waals surface area contributed by atoms with E-state index in [1.165, 1.54) is 25.7 Å². The third-order valence-corrected chi connectivity index (χ3v) is 2.31. The highest BCUT2D eigenvalue weighted by molar-refractivity contribution is 4.63. The molecule has 1 unspecified atom stereocenters. The van der Waals surface area contributed by atoms with Crippen LogP contribution in [-0.2, 0) is 4.74 Å². The van der Waals surface area contributed by atoms with Gasteiger partial charge in [0.05, 0.1) is 6.61 Å². The van der Waals surface area contributed by atoms with E-state index in [4.69, 9.17) is 10.5 Å². The zero-order chi connectivity index (χ0) is 10.1. The second-order valence-electron chi connectivity index (χ2n) is 4.04. The van der Waals surface area contributed by atoms with E-state index in [-0.39, 0.29) is 6.04 Å². The third kappa shape index (κ3) is 8.26. The van der Waals surface area contributed by atoms with Gasteiger partial charge in [-0.1, -0.05) is 40.0 Å². The van der Waals surface area contributed by atoms with Crippen molar-refractivity contribution in [3.05, 3.63) is 0 Å². The van der Waals surface area contributed by atoms with Crippen molar-refractivity contribution in [3.8, 4) is 0 Å². The summed E-state index contributed by atoms with van der Waals surface area (Å²) in [6.45, 7) is 8.07. The van der Waals surface area contributed by atoms with Gasteiger partial charge in [0.2, 0.25) is 0 Å². The molecule has 0 aromatic heterocycles. The molecule has 0 aromatic rings. The molecule has 2 N–H and O–H groups in total. The molecule has 0 rings (SSSR count). The van der Waals surface area contributed by atoms with Crippen molar-refractivity contribution in [2.24, 2.45) is 11.7 Å². The standard InChI is InChI=1S/C11H25NO/c1-4-5-6-7-8-13-9-11(12)10(2)3/h10-11H,4-9,12H2,1-3H3. The van der Waals surface area contributed by atoms with Gasteiger partial charge in [-0.25, -0.2) is 0 Å². The van der Waals surface area contributed by atoms with Crippen LogP contribution in [0.25, 0.3) is 0 Å². The molecule has 13 heavy (non-hydrogen) atoms. The summed E-state index contributed by atoms with van der Waals surface area (Å²) in [5.41, 5.74) is 5.83. The summed E-state index contributed by atoms with van der Waals surface area (Å²) in [4.78, 5) is 0. The largest absolute Gasteiger partial charge is 0.380 e. The van der Waals surface area contributed by atoms with E-state index in [1.807, 2.05) is 0 Å². The van der Waals surface area contributed by atoms with E-state index in [2.05, 4.69) is 20.8 Å². The van der Waals surface area contributed by atoms with E-state index in [0.29, 0.717) is 12.5 Å². The fourth-order valence-corrected chi connectivity index (χ4v) is 1.04. The second kappa shape index (κ2) is 8.52. The van der Waals surface area contributed by atoms with Gasteiger partial charge in [0.1, 0.15) is 0 Å². The maximum absolute atomic E-state index is 5.83. The van der Waals surface area contributed by atoms with Crippen LogP contribution in [0.4, 0.5) is 0 Å². The van der Waals surface area contributed by atoms with Gasteiger partial charge in [0, 0.05) is 12.6 Å². The van der Waals surface area contributed by atoms with Gasteiger partial charge < -0.3 is 10.5 Å². The van der Waals surface area contributed by atoms with Crippen molar-refractivity contribution < 1.29 is 4.74 Å². The van der Waals surface area contributed by atoms with Gasteiger partial charge >= 0.3 is 0 Å². The molecule has 0 aromatic carbocycles. The molecular weight excluding hydrogens is 162 g/mol. The molecule has 0 radical (unpaired) electrons. The lowest BCUT2D eigenvalue weighted by atomic mass is 10.1. The van der Waals surface area contributed by atoms with Crippen molar-refractivity contribution in [2.75, 3.05) is 13.2 Å². The number of nitrogens with two attached hydrogens (primary N) is 1. The van der Waals surface area contributed by atoms with E-state index >= 15 is 0 Å². The Labute approximate surface area is 82.8 Å². The molecule has 0 fully saturated rings. The van der Waals surface area contributed by atoms with Crippen molar-refractivity contribution in [1.29, 1.82) is 0 Å². The average Bonchev–Trinajstić information content (AvgIpc) is 2.10. The monoisotopic (exact) mass is 187 g/mol. The van der Waals surface area contributed by atoms with E-state index < -0.39 is 0 Å². The summed E-state index contributed by atoms with van der Waals surface area (Å²) in [5.74, 6) is 0.524. The highest BCUT2D eigenvalue weighted by atomic mass is 16.5. The first kappa shape index (κ1) is 12.9. The maximum Gasteiger partial charge on any atom is 0.0619 e. The highest BCUT2D eigenvalue weighted by Gasteiger charge is 2.06. The van der Waals surface area contributed by atoms with Crippen LogP contribution in [0.1, 0.15) is 46.5 Å². The van der Waals surface area contributed by atoms with Crippen LogP contribution in [0.2, 0.25) is 0 Å². The summed E-state index contributed by atoms with van der Waals surface area (Å²) < 4.78 is 5.48. The molecule has 1 atom stereocenters. The Kier molecular flexibility index (Phi) is 8.46. The Balaban J connectivity index is 3.07. The number of unbranched alkanes of at least 4 members (excludes halogenated alkanes) is 3. The van der Waals surface area contributed by atoms with Gasteiger partial charge in [-0.2, -0.15) is 0 Å². The molecule has 0 bridgehead atoms. The topological polar surface area (TPSA) is 35.2 Å². The second-order valence-corrected chi connectivity index (χ2v) is 4.04. The number of hydrogen-bond acceptors (Lipinski definition) is 2. The Hall–Kier alpha value is -0.0800. The Bertz CT molecular complexity index is 104. The fourth-order valence-electron chi connectivity index (χ4n) is 1.04. The smallest absolute Gasteiger partial charge is 0.0619 e. The lowest BCUT2D eigenvalue weighted by Gasteiger charge is -2.15. The summed E-state index contributed by atoms with van der Waals surface area (Å²) in [5, 5.41) is 0. The molecule has 0 aliphatic rings. The predicted molar refractivity (Wildman–Crippen MR) is 57.8 cm³/mol. The average molecular weight is 187 g/mol. The molecule has 0 saturated carbocycles. The molecule has 0 aliphatic heterocycles. The summed E-state index contributed by atoms with van der Waals surface area (Å²) in [6, 6.07) is 0.200. The van der Waals surface area contributed by atoms with Crippen molar-refractivity contribution >= 4 is 0 Å². The van der Waals surface area contributed by atoms with Gasteiger partial charge in [-0.3, -0.25) is 0 Å². The van der Waals surface area contributed by atoms with Gasteiger partial charge in [-0.15, -0.1) is 0 Å².